The van der Waals surface area contributed by atoms with Crippen LogP contribution in [0.25, 0.3) is 0 Å². The fourth-order valence-electron chi connectivity index (χ4n) is 11.3. The molecule has 0 saturated heterocycles. The molecule has 204 valence electrons. The van der Waals surface area contributed by atoms with Gasteiger partial charge in [0.1, 0.15) is 0 Å². The molecule has 0 aliphatic heterocycles. The van der Waals surface area contributed by atoms with E-state index in [4.69, 9.17) is 0 Å². The Hall–Kier alpha value is -0.910. The lowest BCUT2D eigenvalue weighted by Crippen LogP contribution is -2.62. The minimum absolute atomic E-state index is 0.0132. The maximum Gasteiger partial charge on any atom is 0.246 e. The highest BCUT2D eigenvalue weighted by Gasteiger charge is 2.83. The number of aliphatic hydroxyl groups excluding tert-OH is 2. The maximum atomic E-state index is 12.8. The van der Waals surface area contributed by atoms with Gasteiger partial charge in [-0.15, -0.1) is 0 Å². The first-order chi connectivity index (χ1) is 16.8. The number of aliphatic hydroxyl groups is 2. The van der Waals surface area contributed by atoms with E-state index < -0.39 is 0 Å². The van der Waals surface area contributed by atoms with Crippen LogP contribution in [0, 0.1) is 44.8 Å². The molecule has 5 aliphatic rings. The number of hydrogen-bond acceptors (Lipinski definition) is 4. The van der Waals surface area contributed by atoms with Crippen molar-refractivity contribution in [1.82, 2.24) is 10.2 Å². The first-order valence-electron chi connectivity index (χ1n) is 14.7. The summed E-state index contributed by atoms with van der Waals surface area (Å²) in [6, 6.07) is 0.389. The average molecular weight is 501 g/mol. The maximum absolute atomic E-state index is 12.8. The number of nitrogens with one attached hydrogen (secondary N) is 1. The normalized spacial score (nSPS) is 52.6. The summed E-state index contributed by atoms with van der Waals surface area (Å²) < 4.78 is 0. The molecule has 5 nitrogen and oxygen atoms in total. The van der Waals surface area contributed by atoms with Crippen molar-refractivity contribution in [2.24, 2.45) is 44.8 Å². The van der Waals surface area contributed by atoms with E-state index in [1.807, 2.05) is 19.9 Å². The summed E-state index contributed by atoms with van der Waals surface area (Å²) in [6.45, 7) is 13.5. The van der Waals surface area contributed by atoms with Crippen molar-refractivity contribution in [3.63, 3.8) is 0 Å². The zero-order valence-corrected chi connectivity index (χ0v) is 24.2. The van der Waals surface area contributed by atoms with E-state index in [2.05, 4.69) is 52.0 Å². The van der Waals surface area contributed by atoms with Gasteiger partial charge in [0.15, 0.2) is 0 Å². The van der Waals surface area contributed by atoms with E-state index in [9.17, 15) is 15.0 Å². The highest BCUT2D eigenvalue weighted by molar-refractivity contribution is 5.92. The Labute approximate surface area is 219 Å². The molecule has 0 aromatic carbocycles. The molecule has 0 aromatic rings. The van der Waals surface area contributed by atoms with E-state index in [0.29, 0.717) is 34.6 Å². The average Bonchev–Trinajstić information content (AvgIpc) is 3.45. The summed E-state index contributed by atoms with van der Waals surface area (Å²) >= 11 is 0. The predicted octanol–water partition coefficient (Wildman–Crippen LogP) is 4.77. The van der Waals surface area contributed by atoms with Gasteiger partial charge in [0.05, 0.1) is 12.7 Å². The molecule has 1 amide bonds. The van der Waals surface area contributed by atoms with Crippen molar-refractivity contribution in [3.05, 3.63) is 11.6 Å². The molecule has 5 aliphatic carbocycles. The lowest BCUT2D eigenvalue weighted by atomic mass is 9.41. The molecule has 5 saturated carbocycles. The third-order valence-corrected chi connectivity index (χ3v) is 13.8. The van der Waals surface area contributed by atoms with Crippen LogP contribution in [0.4, 0.5) is 0 Å². The standard InChI is InChI=1S/C31H52N2O3/c1-9-19(2)26(36)32-24-12-13-30-17-31(30)15-14-28(5)25(20(3)33(7)8)21(35)16-29(28,6)23(31)11-10-22(30)27(24,4)18-34/h9,20-25,34-35H,10-18H2,1-8H3,(H,32,36)/b19-9+/t20-,21+,22-,23-,24-,25-,27-,28+,29-,30+,31-/m0/s1. The molecule has 11 atom stereocenters. The smallest absolute Gasteiger partial charge is 0.246 e. The minimum Gasteiger partial charge on any atom is -0.396 e. The van der Waals surface area contributed by atoms with Gasteiger partial charge in [-0.2, -0.15) is 0 Å². The van der Waals surface area contributed by atoms with E-state index in [1.165, 1.54) is 25.7 Å². The van der Waals surface area contributed by atoms with Crippen molar-refractivity contribution in [3.8, 4) is 0 Å². The van der Waals surface area contributed by atoms with Crippen LogP contribution in [0.15, 0.2) is 11.6 Å². The summed E-state index contributed by atoms with van der Waals surface area (Å²) in [4.78, 5) is 15.1. The number of amides is 1. The molecular formula is C31H52N2O3. The van der Waals surface area contributed by atoms with Gasteiger partial charge in [-0.3, -0.25) is 4.79 Å². The second-order valence-corrected chi connectivity index (χ2v) is 14.7. The van der Waals surface area contributed by atoms with Crippen LogP contribution in [0.2, 0.25) is 0 Å². The van der Waals surface area contributed by atoms with E-state index in [0.717, 1.165) is 31.3 Å². The van der Waals surface area contributed by atoms with Crippen LogP contribution in [0.1, 0.15) is 92.9 Å². The van der Waals surface area contributed by atoms with Crippen molar-refractivity contribution >= 4 is 5.91 Å². The lowest BCUT2D eigenvalue weighted by Gasteiger charge is -2.63. The summed E-state index contributed by atoms with van der Waals surface area (Å²) in [5.41, 5.74) is 1.42. The summed E-state index contributed by atoms with van der Waals surface area (Å²) in [6.07, 6.45) is 10.8. The Morgan fingerprint density at radius 2 is 1.69 bits per heavy atom. The van der Waals surface area contributed by atoms with E-state index in [1.54, 1.807) is 0 Å². The molecule has 5 fully saturated rings. The molecule has 3 N–H and O–H groups in total. The van der Waals surface area contributed by atoms with E-state index >= 15 is 0 Å². The largest absolute Gasteiger partial charge is 0.396 e. The summed E-state index contributed by atoms with van der Waals surface area (Å²) in [5, 5.41) is 25.6. The van der Waals surface area contributed by atoms with Crippen molar-refractivity contribution in [2.75, 3.05) is 20.7 Å². The Morgan fingerprint density at radius 1 is 1.06 bits per heavy atom. The fourth-order valence-corrected chi connectivity index (χ4v) is 11.3. The molecule has 0 aromatic heterocycles. The first-order valence-corrected chi connectivity index (χ1v) is 14.7. The lowest BCUT2D eigenvalue weighted by molar-refractivity contribution is -0.156. The van der Waals surface area contributed by atoms with Crippen LogP contribution in [-0.4, -0.2) is 59.9 Å². The Bertz CT molecular complexity index is 948. The minimum atomic E-state index is -0.283. The zero-order valence-electron chi connectivity index (χ0n) is 24.2. The van der Waals surface area contributed by atoms with Gasteiger partial charge in [0, 0.05) is 29.0 Å². The number of rotatable bonds is 5. The van der Waals surface area contributed by atoms with Crippen LogP contribution >= 0.6 is 0 Å². The quantitative estimate of drug-likeness (QED) is 0.476. The van der Waals surface area contributed by atoms with Crippen LogP contribution in [0.3, 0.4) is 0 Å². The summed E-state index contributed by atoms with van der Waals surface area (Å²) in [5.74, 6) is 1.42. The number of fused-ring (bicyclic) bond motifs is 2. The number of carbonyl (C=O) groups excluding carboxylic acids is 1. The highest BCUT2D eigenvalue weighted by atomic mass is 16.3. The molecule has 36 heavy (non-hydrogen) atoms. The first kappa shape index (κ1) is 26.7. The van der Waals surface area contributed by atoms with E-state index in [-0.39, 0.29) is 40.9 Å². The predicted molar refractivity (Wildman–Crippen MR) is 144 cm³/mol. The second kappa shape index (κ2) is 8.29. The molecule has 0 radical (unpaired) electrons. The van der Waals surface area contributed by atoms with Gasteiger partial charge >= 0.3 is 0 Å². The highest BCUT2D eigenvalue weighted by Crippen LogP contribution is 2.88. The van der Waals surface area contributed by atoms with Crippen molar-refractivity contribution in [2.45, 2.75) is 111 Å². The number of hydrogen-bond donors (Lipinski definition) is 3. The topological polar surface area (TPSA) is 72.8 Å². The summed E-state index contributed by atoms with van der Waals surface area (Å²) in [7, 11) is 4.32. The Morgan fingerprint density at radius 3 is 2.31 bits per heavy atom. The second-order valence-electron chi connectivity index (χ2n) is 14.7. The molecule has 5 rings (SSSR count). The third kappa shape index (κ3) is 3.09. The Balaban J connectivity index is 1.46. The van der Waals surface area contributed by atoms with Gasteiger partial charge < -0.3 is 20.4 Å². The molecule has 0 bridgehead atoms. The number of nitrogens with zero attached hydrogens (tertiary/aromatic N) is 1. The molecular weight excluding hydrogens is 448 g/mol. The third-order valence-electron chi connectivity index (χ3n) is 13.8. The molecule has 0 heterocycles. The fraction of sp³-hybridized carbons (Fsp3) is 0.903. The van der Waals surface area contributed by atoms with Gasteiger partial charge in [0.25, 0.3) is 0 Å². The van der Waals surface area contributed by atoms with Crippen LogP contribution in [-0.2, 0) is 4.79 Å². The number of carbonyl (C=O) groups is 1. The van der Waals surface area contributed by atoms with Crippen molar-refractivity contribution < 1.29 is 15.0 Å². The van der Waals surface area contributed by atoms with Crippen LogP contribution < -0.4 is 5.32 Å². The van der Waals surface area contributed by atoms with Gasteiger partial charge in [-0.1, -0.05) is 26.8 Å². The van der Waals surface area contributed by atoms with Crippen LogP contribution in [0.5, 0.6) is 0 Å². The van der Waals surface area contributed by atoms with Gasteiger partial charge in [-0.05, 0) is 120 Å². The number of allylic oxidation sites excluding steroid dienone is 1. The van der Waals surface area contributed by atoms with Crippen molar-refractivity contribution in [1.29, 1.82) is 0 Å². The Kier molecular flexibility index (Phi) is 6.15. The monoisotopic (exact) mass is 500 g/mol. The SMILES string of the molecule is C/C=C(\C)C(=O)N[C@H]1CC[C@]23C[C@]24CC[C@]2(C)[C@@H]([C@H](C)N(C)C)[C@H](O)C[C@@]2(C)[C@@H]4CC[C@H]3[C@]1(C)CO. The molecule has 5 heteroatoms. The molecule has 0 unspecified atom stereocenters. The molecule has 2 spiro atoms. The zero-order chi connectivity index (χ0) is 26.5. The van der Waals surface area contributed by atoms with Gasteiger partial charge in [-0.25, -0.2) is 0 Å². The van der Waals surface area contributed by atoms with Gasteiger partial charge in [0.2, 0.25) is 5.91 Å².